The molecule has 1 aliphatic heterocycles. The molecule has 0 saturated carbocycles. The van der Waals surface area contributed by atoms with Gasteiger partial charge in [-0.15, -0.1) is 0 Å². The van der Waals surface area contributed by atoms with Gasteiger partial charge in [0.25, 0.3) is 0 Å². The molecule has 0 aliphatic carbocycles. The van der Waals surface area contributed by atoms with Gasteiger partial charge >= 0.3 is 0 Å². The first kappa shape index (κ1) is 13.4. The summed E-state index contributed by atoms with van der Waals surface area (Å²) in [6.45, 7) is 3.47. The zero-order valence-electron chi connectivity index (χ0n) is 12.4. The van der Waals surface area contributed by atoms with E-state index in [1.165, 1.54) is 23.1 Å². The fraction of sp³-hybridized carbons (Fsp3) is 0.368. The second kappa shape index (κ2) is 5.80. The van der Waals surface area contributed by atoms with E-state index in [2.05, 4.69) is 73.5 Å². The van der Waals surface area contributed by atoms with Gasteiger partial charge in [0.15, 0.2) is 0 Å². The third-order valence-electron chi connectivity index (χ3n) is 4.59. The van der Waals surface area contributed by atoms with Crippen LogP contribution in [0.25, 0.3) is 0 Å². The average Bonchev–Trinajstić information content (AvgIpc) is 2.47. The number of hydrogen-bond acceptors (Lipinski definition) is 1. The summed E-state index contributed by atoms with van der Waals surface area (Å²) in [5, 5.41) is 0. The first-order chi connectivity index (χ1) is 9.74. The number of benzene rings is 2. The van der Waals surface area contributed by atoms with Crippen LogP contribution in [0.5, 0.6) is 0 Å². The fourth-order valence-corrected chi connectivity index (χ4v) is 3.44. The fourth-order valence-electron chi connectivity index (χ4n) is 3.44. The SMILES string of the molecule is CC(Cc1ccccc1)C1Cc2ccccc2CN1C. The van der Waals surface area contributed by atoms with Crippen molar-refractivity contribution in [2.75, 3.05) is 7.05 Å². The zero-order chi connectivity index (χ0) is 13.9. The number of hydrogen-bond donors (Lipinski definition) is 0. The molecule has 2 aromatic rings. The van der Waals surface area contributed by atoms with Gasteiger partial charge in [-0.1, -0.05) is 61.5 Å². The maximum absolute atomic E-state index is 2.52. The van der Waals surface area contributed by atoms with Crippen LogP contribution in [-0.4, -0.2) is 18.0 Å². The highest BCUT2D eigenvalue weighted by molar-refractivity contribution is 5.30. The van der Waals surface area contributed by atoms with Crippen molar-refractivity contribution in [3.05, 3.63) is 71.3 Å². The molecule has 3 rings (SSSR count). The third-order valence-corrected chi connectivity index (χ3v) is 4.59. The Bertz CT molecular complexity index is 561. The van der Waals surface area contributed by atoms with Gasteiger partial charge in [-0.2, -0.15) is 0 Å². The Kier molecular flexibility index (Phi) is 3.88. The molecule has 0 N–H and O–H groups in total. The summed E-state index contributed by atoms with van der Waals surface area (Å²) < 4.78 is 0. The van der Waals surface area contributed by atoms with Crippen LogP contribution < -0.4 is 0 Å². The minimum Gasteiger partial charge on any atom is -0.299 e. The standard InChI is InChI=1S/C19H23N/c1-15(12-16-8-4-3-5-9-16)19-13-17-10-6-7-11-18(17)14-20(19)2/h3-11,15,19H,12-14H2,1-2H3. The van der Waals surface area contributed by atoms with Gasteiger partial charge in [0.2, 0.25) is 0 Å². The van der Waals surface area contributed by atoms with Gasteiger partial charge in [0, 0.05) is 12.6 Å². The van der Waals surface area contributed by atoms with Crippen LogP contribution >= 0.6 is 0 Å². The third kappa shape index (κ3) is 2.78. The second-order valence-electron chi connectivity index (χ2n) is 6.12. The molecule has 1 aliphatic rings. The van der Waals surface area contributed by atoms with Gasteiger partial charge < -0.3 is 0 Å². The van der Waals surface area contributed by atoms with Crippen molar-refractivity contribution < 1.29 is 0 Å². The predicted octanol–water partition coefficient (Wildman–Crippen LogP) is 3.92. The van der Waals surface area contributed by atoms with Crippen LogP contribution in [0.2, 0.25) is 0 Å². The summed E-state index contributed by atoms with van der Waals surface area (Å²) in [6.07, 6.45) is 2.35. The Hall–Kier alpha value is -1.60. The molecular formula is C19H23N. The molecule has 0 aromatic heterocycles. The molecular weight excluding hydrogens is 242 g/mol. The number of nitrogens with zero attached hydrogens (tertiary/aromatic N) is 1. The van der Waals surface area contributed by atoms with E-state index in [4.69, 9.17) is 0 Å². The Morgan fingerprint density at radius 3 is 2.40 bits per heavy atom. The summed E-state index contributed by atoms with van der Waals surface area (Å²) in [6, 6.07) is 20.4. The smallest absolute Gasteiger partial charge is 0.0236 e. The molecule has 20 heavy (non-hydrogen) atoms. The molecule has 0 saturated heterocycles. The van der Waals surface area contributed by atoms with Gasteiger partial charge in [0.05, 0.1) is 0 Å². The highest BCUT2D eigenvalue weighted by Crippen LogP contribution is 2.27. The molecule has 2 unspecified atom stereocenters. The van der Waals surface area contributed by atoms with Crippen molar-refractivity contribution in [1.82, 2.24) is 4.90 Å². The Labute approximate surface area is 122 Å². The summed E-state index contributed by atoms with van der Waals surface area (Å²) in [5.41, 5.74) is 4.49. The molecule has 2 aromatic carbocycles. The van der Waals surface area contributed by atoms with Crippen LogP contribution in [0.3, 0.4) is 0 Å². The van der Waals surface area contributed by atoms with Crippen LogP contribution in [0.1, 0.15) is 23.6 Å². The second-order valence-corrected chi connectivity index (χ2v) is 6.12. The van der Waals surface area contributed by atoms with E-state index < -0.39 is 0 Å². The van der Waals surface area contributed by atoms with Gasteiger partial charge in [-0.05, 0) is 42.5 Å². The molecule has 1 nitrogen and oxygen atoms in total. The first-order valence-corrected chi connectivity index (χ1v) is 7.55. The molecule has 1 heteroatoms. The Morgan fingerprint density at radius 1 is 1.00 bits per heavy atom. The number of rotatable bonds is 3. The first-order valence-electron chi connectivity index (χ1n) is 7.55. The highest BCUT2D eigenvalue weighted by atomic mass is 15.1. The lowest BCUT2D eigenvalue weighted by molar-refractivity contribution is 0.160. The van der Waals surface area contributed by atoms with E-state index in [0.29, 0.717) is 12.0 Å². The van der Waals surface area contributed by atoms with E-state index >= 15 is 0 Å². The molecule has 0 spiro atoms. The lowest BCUT2D eigenvalue weighted by atomic mass is 9.84. The molecule has 0 radical (unpaired) electrons. The van der Waals surface area contributed by atoms with Crippen molar-refractivity contribution >= 4 is 0 Å². The number of fused-ring (bicyclic) bond motifs is 1. The van der Waals surface area contributed by atoms with Crippen molar-refractivity contribution in [2.45, 2.75) is 32.4 Å². The topological polar surface area (TPSA) is 3.24 Å². The molecule has 104 valence electrons. The minimum absolute atomic E-state index is 0.644. The van der Waals surface area contributed by atoms with Gasteiger partial charge in [-0.3, -0.25) is 4.90 Å². The minimum atomic E-state index is 0.644. The number of likely N-dealkylation sites (N-methyl/N-ethyl adjacent to an activating group) is 1. The molecule has 0 bridgehead atoms. The maximum atomic E-state index is 2.52. The molecule has 2 atom stereocenters. The normalized spacial score (nSPS) is 20.4. The van der Waals surface area contributed by atoms with Crippen molar-refractivity contribution in [3.63, 3.8) is 0 Å². The molecule has 0 fully saturated rings. The van der Waals surface area contributed by atoms with Crippen molar-refractivity contribution in [1.29, 1.82) is 0 Å². The average molecular weight is 265 g/mol. The Balaban J connectivity index is 1.74. The van der Waals surface area contributed by atoms with E-state index in [1.54, 1.807) is 0 Å². The van der Waals surface area contributed by atoms with E-state index in [1.807, 2.05) is 0 Å². The predicted molar refractivity (Wildman–Crippen MR) is 84.7 cm³/mol. The lowest BCUT2D eigenvalue weighted by Gasteiger charge is -2.38. The van der Waals surface area contributed by atoms with Crippen LogP contribution in [0, 0.1) is 5.92 Å². The Morgan fingerprint density at radius 2 is 1.65 bits per heavy atom. The monoisotopic (exact) mass is 265 g/mol. The summed E-state index contributed by atoms with van der Waals surface area (Å²) in [7, 11) is 2.27. The maximum Gasteiger partial charge on any atom is 0.0236 e. The van der Waals surface area contributed by atoms with E-state index in [0.717, 1.165) is 13.0 Å². The van der Waals surface area contributed by atoms with Crippen molar-refractivity contribution in [2.24, 2.45) is 5.92 Å². The van der Waals surface area contributed by atoms with Gasteiger partial charge in [0.1, 0.15) is 0 Å². The lowest BCUT2D eigenvalue weighted by Crippen LogP contribution is -2.42. The van der Waals surface area contributed by atoms with Crippen LogP contribution in [0.4, 0.5) is 0 Å². The molecule has 1 heterocycles. The highest BCUT2D eigenvalue weighted by Gasteiger charge is 2.27. The zero-order valence-corrected chi connectivity index (χ0v) is 12.4. The molecule has 0 amide bonds. The van der Waals surface area contributed by atoms with E-state index in [-0.39, 0.29) is 0 Å². The van der Waals surface area contributed by atoms with Gasteiger partial charge in [-0.25, -0.2) is 0 Å². The van der Waals surface area contributed by atoms with Crippen LogP contribution in [-0.2, 0) is 19.4 Å². The largest absolute Gasteiger partial charge is 0.299 e. The quantitative estimate of drug-likeness (QED) is 0.813. The van der Waals surface area contributed by atoms with Crippen LogP contribution in [0.15, 0.2) is 54.6 Å². The van der Waals surface area contributed by atoms with E-state index in [9.17, 15) is 0 Å². The summed E-state index contributed by atoms with van der Waals surface area (Å²) in [5.74, 6) is 0.677. The van der Waals surface area contributed by atoms with Crippen molar-refractivity contribution in [3.8, 4) is 0 Å². The summed E-state index contributed by atoms with van der Waals surface area (Å²) in [4.78, 5) is 2.52. The summed E-state index contributed by atoms with van der Waals surface area (Å²) >= 11 is 0.